The number of carbonyl (C=O) groups excluding carboxylic acids is 1. The highest BCUT2D eigenvalue weighted by Gasteiger charge is 2.18. The number of benzene rings is 1. The molecule has 1 amide bonds. The number of nitrogens with one attached hydrogen (secondary N) is 1. The van der Waals surface area contributed by atoms with Crippen LogP contribution in [0.1, 0.15) is 45.7 Å². The topological polar surface area (TPSA) is 77.0 Å². The zero-order valence-corrected chi connectivity index (χ0v) is 15.5. The lowest BCUT2D eigenvalue weighted by molar-refractivity contribution is 0.0528. The summed E-state index contributed by atoms with van der Waals surface area (Å²) in [6.07, 6.45) is 3.73. The van der Waals surface area contributed by atoms with Crippen LogP contribution in [0.15, 0.2) is 18.2 Å². The Morgan fingerprint density at radius 1 is 1.24 bits per heavy atom. The van der Waals surface area contributed by atoms with Crippen molar-refractivity contribution in [1.29, 1.82) is 0 Å². The van der Waals surface area contributed by atoms with Gasteiger partial charge in [-0.25, -0.2) is 4.79 Å². The Morgan fingerprint density at radius 3 is 2.48 bits per heavy atom. The number of alkyl carbamates (subject to hydrolysis) is 1. The Labute approximate surface area is 148 Å². The Bertz CT molecular complexity index is 653. The second-order valence-corrected chi connectivity index (χ2v) is 7.57. The molecule has 1 aliphatic rings. The van der Waals surface area contributed by atoms with Crippen molar-refractivity contribution in [3.05, 3.63) is 29.3 Å². The normalized spacial score (nSPS) is 14.0. The van der Waals surface area contributed by atoms with Crippen LogP contribution in [0.5, 0.6) is 11.5 Å². The van der Waals surface area contributed by atoms with Crippen molar-refractivity contribution in [3.63, 3.8) is 0 Å². The molecule has 0 bridgehead atoms. The molecule has 2 N–H and O–H groups in total. The molecule has 0 saturated carbocycles. The van der Waals surface area contributed by atoms with Gasteiger partial charge in [0.1, 0.15) is 5.60 Å². The summed E-state index contributed by atoms with van der Waals surface area (Å²) >= 11 is 0. The van der Waals surface area contributed by atoms with Crippen LogP contribution in [0.4, 0.5) is 4.79 Å². The van der Waals surface area contributed by atoms with Crippen LogP contribution in [-0.4, -0.2) is 35.7 Å². The molecule has 2 rings (SSSR count). The molecule has 25 heavy (non-hydrogen) atoms. The smallest absolute Gasteiger partial charge is 0.407 e. The molecular formula is C19H27NO5. The van der Waals surface area contributed by atoms with Crippen molar-refractivity contribution in [2.45, 2.75) is 52.2 Å². The van der Waals surface area contributed by atoms with E-state index in [9.17, 15) is 9.90 Å². The van der Waals surface area contributed by atoms with Crippen LogP contribution in [0.25, 0.3) is 6.08 Å². The lowest BCUT2D eigenvalue weighted by Gasteiger charge is -2.19. The maximum Gasteiger partial charge on any atom is 0.407 e. The average Bonchev–Trinajstić information content (AvgIpc) is 2.89. The molecule has 6 heteroatoms. The van der Waals surface area contributed by atoms with Crippen LogP contribution >= 0.6 is 0 Å². The van der Waals surface area contributed by atoms with Crippen molar-refractivity contribution < 1.29 is 24.1 Å². The van der Waals surface area contributed by atoms with Crippen LogP contribution in [0.3, 0.4) is 0 Å². The number of aliphatic hydroxyl groups is 1. The van der Waals surface area contributed by atoms with E-state index in [0.29, 0.717) is 24.5 Å². The maximum absolute atomic E-state index is 11.8. The second kappa shape index (κ2) is 7.35. The van der Waals surface area contributed by atoms with E-state index in [4.69, 9.17) is 14.2 Å². The maximum atomic E-state index is 11.8. The minimum Gasteiger partial charge on any atom is -0.454 e. The van der Waals surface area contributed by atoms with Gasteiger partial charge in [0.15, 0.2) is 11.5 Å². The molecule has 1 aliphatic heterocycles. The fourth-order valence-corrected chi connectivity index (χ4v) is 2.28. The third-order valence-electron chi connectivity index (χ3n) is 3.37. The van der Waals surface area contributed by atoms with Gasteiger partial charge in [0.25, 0.3) is 0 Å². The fraction of sp³-hybridized carbons (Fsp3) is 0.526. The number of rotatable bonds is 5. The van der Waals surface area contributed by atoms with Gasteiger partial charge in [-0.2, -0.15) is 0 Å². The molecule has 1 heterocycles. The van der Waals surface area contributed by atoms with Crippen molar-refractivity contribution in [3.8, 4) is 11.5 Å². The molecule has 0 unspecified atom stereocenters. The van der Waals surface area contributed by atoms with Crippen molar-refractivity contribution in [2.75, 3.05) is 13.3 Å². The first-order chi connectivity index (χ1) is 11.5. The molecule has 138 valence electrons. The summed E-state index contributed by atoms with van der Waals surface area (Å²) in [5.41, 5.74) is 0.462. The Kier molecular flexibility index (Phi) is 5.62. The summed E-state index contributed by atoms with van der Waals surface area (Å²) in [6.45, 7) is 9.51. The monoisotopic (exact) mass is 349 g/mol. The van der Waals surface area contributed by atoms with Crippen LogP contribution in [0, 0.1) is 0 Å². The molecule has 1 aromatic carbocycles. The van der Waals surface area contributed by atoms with Crippen molar-refractivity contribution >= 4 is 12.2 Å². The molecule has 0 saturated heterocycles. The molecular weight excluding hydrogens is 322 g/mol. The number of hydrogen-bond acceptors (Lipinski definition) is 5. The predicted molar refractivity (Wildman–Crippen MR) is 95.8 cm³/mol. The summed E-state index contributed by atoms with van der Waals surface area (Å²) < 4.78 is 16.1. The number of ether oxygens (including phenoxy) is 3. The van der Waals surface area contributed by atoms with E-state index in [2.05, 4.69) is 5.32 Å². The molecule has 0 atom stereocenters. The van der Waals surface area contributed by atoms with Gasteiger partial charge in [0.2, 0.25) is 6.79 Å². The SMILES string of the molecule is CC(C)(O)/C=C/c1cc2c(cc1CCNC(=O)OC(C)(C)C)OCO2. The quantitative estimate of drug-likeness (QED) is 0.853. The molecule has 0 fully saturated rings. The van der Waals surface area contributed by atoms with Gasteiger partial charge in [-0.05, 0) is 64.3 Å². The summed E-state index contributed by atoms with van der Waals surface area (Å²) in [5.74, 6) is 1.37. The molecule has 0 spiro atoms. The largest absolute Gasteiger partial charge is 0.454 e. The highest BCUT2D eigenvalue weighted by molar-refractivity contribution is 5.68. The first-order valence-electron chi connectivity index (χ1n) is 8.34. The predicted octanol–water partition coefficient (Wildman–Crippen LogP) is 3.27. The van der Waals surface area contributed by atoms with Gasteiger partial charge in [0, 0.05) is 6.54 Å². The summed E-state index contributed by atoms with van der Waals surface area (Å²) in [6, 6.07) is 3.79. The van der Waals surface area contributed by atoms with E-state index < -0.39 is 17.3 Å². The standard InChI is InChI=1S/C19H27NO5/c1-18(2,3)25-17(21)20-9-7-14-11-16-15(23-12-24-16)10-13(14)6-8-19(4,5)22/h6,8,10-11,22H,7,9,12H2,1-5H3,(H,20,21)/b8-6+. The number of carbonyl (C=O) groups is 1. The van der Waals surface area contributed by atoms with E-state index in [1.165, 1.54) is 0 Å². The Balaban J connectivity index is 2.08. The third kappa shape index (κ3) is 6.31. The van der Waals surface area contributed by atoms with Gasteiger partial charge >= 0.3 is 6.09 Å². The molecule has 6 nitrogen and oxygen atoms in total. The van der Waals surface area contributed by atoms with Gasteiger partial charge in [-0.3, -0.25) is 0 Å². The first kappa shape index (κ1) is 19.1. The fourth-order valence-electron chi connectivity index (χ4n) is 2.28. The first-order valence-corrected chi connectivity index (χ1v) is 8.34. The van der Waals surface area contributed by atoms with Gasteiger partial charge in [-0.1, -0.05) is 12.2 Å². The molecule has 0 aliphatic carbocycles. The Morgan fingerprint density at radius 2 is 1.88 bits per heavy atom. The van der Waals surface area contributed by atoms with Crippen LogP contribution in [-0.2, 0) is 11.2 Å². The lowest BCUT2D eigenvalue weighted by Crippen LogP contribution is -2.33. The summed E-state index contributed by atoms with van der Waals surface area (Å²) in [4.78, 5) is 11.8. The summed E-state index contributed by atoms with van der Waals surface area (Å²) in [7, 11) is 0. The van der Waals surface area contributed by atoms with E-state index in [-0.39, 0.29) is 6.79 Å². The van der Waals surface area contributed by atoms with E-state index in [1.54, 1.807) is 19.9 Å². The lowest BCUT2D eigenvalue weighted by atomic mass is 10.0. The number of fused-ring (bicyclic) bond motifs is 1. The highest BCUT2D eigenvalue weighted by atomic mass is 16.7. The molecule has 1 aromatic rings. The third-order valence-corrected chi connectivity index (χ3v) is 3.37. The van der Waals surface area contributed by atoms with E-state index in [1.807, 2.05) is 39.0 Å². The highest BCUT2D eigenvalue weighted by Crippen LogP contribution is 2.35. The second-order valence-electron chi connectivity index (χ2n) is 7.57. The number of amides is 1. The molecule has 0 aromatic heterocycles. The van der Waals surface area contributed by atoms with Crippen molar-refractivity contribution in [2.24, 2.45) is 0 Å². The molecule has 0 radical (unpaired) electrons. The van der Waals surface area contributed by atoms with Gasteiger partial charge < -0.3 is 24.6 Å². The van der Waals surface area contributed by atoms with Gasteiger partial charge in [0.05, 0.1) is 5.60 Å². The zero-order valence-electron chi connectivity index (χ0n) is 15.5. The average molecular weight is 349 g/mol. The van der Waals surface area contributed by atoms with E-state index >= 15 is 0 Å². The van der Waals surface area contributed by atoms with Crippen LogP contribution < -0.4 is 14.8 Å². The minimum absolute atomic E-state index is 0.198. The Hall–Kier alpha value is -2.21. The van der Waals surface area contributed by atoms with Gasteiger partial charge in [-0.15, -0.1) is 0 Å². The van der Waals surface area contributed by atoms with Crippen molar-refractivity contribution in [1.82, 2.24) is 5.32 Å². The minimum atomic E-state index is -0.914. The zero-order chi connectivity index (χ0) is 18.7. The summed E-state index contributed by atoms with van der Waals surface area (Å²) in [5, 5.41) is 12.7. The van der Waals surface area contributed by atoms with Crippen LogP contribution in [0.2, 0.25) is 0 Å². The van der Waals surface area contributed by atoms with E-state index in [0.717, 1.165) is 11.1 Å². The number of hydrogen-bond donors (Lipinski definition) is 2.